The van der Waals surface area contributed by atoms with Gasteiger partial charge in [-0.2, -0.15) is 9.78 Å². The minimum Gasteiger partial charge on any atom is -0.333 e. The number of nitrogens with two attached hydrogens (primary N) is 1. The lowest BCUT2D eigenvalue weighted by molar-refractivity contribution is 0.0575. The van der Waals surface area contributed by atoms with Crippen molar-refractivity contribution in [3.8, 4) is 5.69 Å². The number of amides is 1. The van der Waals surface area contributed by atoms with Gasteiger partial charge in [-0.1, -0.05) is 0 Å². The molecule has 2 aromatic rings. The van der Waals surface area contributed by atoms with Crippen LogP contribution in [0.3, 0.4) is 0 Å². The quantitative estimate of drug-likeness (QED) is 0.919. The van der Waals surface area contributed by atoms with E-state index in [0.29, 0.717) is 12.2 Å². The third-order valence-electron chi connectivity index (χ3n) is 4.51. The molecule has 132 valence electrons. The van der Waals surface area contributed by atoms with Crippen LogP contribution in [0.2, 0.25) is 0 Å². The maximum absolute atomic E-state index is 13.1. The molecule has 2 heterocycles. The van der Waals surface area contributed by atoms with Crippen LogP contribution >= 0.6 is 0 Å². The summed E-state index contributed by atoms with van der Waals surface area (Å²) in [7, 11) is 0. The molecule has 1 fully saturated rings. The van der Waals surface area contributed by atoms with Crippen LogP contribution in [0.15, 0.2) is 41.2 Å². The van der Waals surface area contributed by atoms with Gasteiger partial charge < -0.3 is 10.6 Å². The molecule has 1 aliphatic rings. The molecule has 0 radical (unpaired) electrons. The molecule has 2 N–H and O–H groups in total. The summed E-state index contributed by atoms with van der Waals surface area (Å²) in [5.41, 5.74) is 6.23. The maximum atomic E-state index is 13.1. The molecule has 1 aromatic carbocycles. The Bertz CT molecular complexity index is 817. The van der Waals surface area contributed by atoms with Crippen LogP contribution in [0.4, 0.5) is 4.39 Å². The first kappa shape index (κ1) is 17.3. The Morgan fingerprint density at radius 2 is 1.96 bits per heavy atom. The fraction of sp³-hybridized carbons (Fsp3) is 0.389. The third-order valence-corrected chi connectivity index (χ3v) is 4.51. The zero-order valence-electron chi connectivity index (χ0n) is 14.1. The summed E-state index contributed by atoms with van der Waals surface area (Å²) in [6.45, 7) is 2.52. The van der Waals surface area contributed by atoms with Crippen molar-refractivity contribution in [3.63, 3.8) is 0 Å². The van der Waals surface area contributed by atoms with Crippen LogP contribution in [0, 0.1) is 5.82 Å². The Hall–Kier alpha value is -2.54. The number of likely N-dealkylation sites (tertiary alicyclic amines) is 1. The predicted octanol–water partition coefficient (Wildman–Crippen LogP) is 1.71. The lowest BCUT2D eigenvalue weighted by atomic mass is 9.96. The van der Waals surface area contributed by atoms with E-state index in [1.54, 1.807) is 4.90 Å². The number of hydrogen-bond donors (Lipinski definition) is 1. The first-order chi connectivity index (χ1) is 12.0. The predicted molar refractivity (Wildman–Crippen MR) is 92.1 cm³/mol. The van der Waals surface area contributed by atoms with E-state index in [1.807, 2.05) is 6.92 Å². The molecule has 25 heavy (non-hydrogen) atoms. The Morgan fingerprint density at radius 1 is 1.24 bits per heavy atom. The van der Waals surface area contributed by atoms with Crippen LogP contribution in [0.25, 0.3) is 5.69 Å². The molecule has 2 atom stereocenters. The number of carbonyl (C=O) groups excluding carboxylic acids is 1. The van der Waals surface area contributed by atoms with E-state index in [1.165, 1.54) is 36.4 Å². The fourth-order valence-electron chi connectivity index (χ4n) is 3.20. The summed E-state index contributed by atoms with van der Waals surface area (Å²) in [5, 5.41) is 4.19. The number of hydrogen-bond acceptors (Lipinski definition) is 4. The van der Waals surface area contributed by atoms with Crippen molar-refractivity contribution in [2.75, 3.05) is 6.54 Å². The Kier molecular flexibility index (Phi) is 4.94. The first-order valence-electron chi connectivity index (χ1n) is 8.40. The fourth-order valence-corrected chi connectivity index (χ4v) is 3.20. The molecule has 0 saturated carbocycles. The Balaban J connectivity index is 1.94. The average Bonchev–Trinajstić information content (AvgIpc) is 2.62. The highest BCUT2D eigenvalue weighted by Crippen LogP contribution is 2.21. The van der Waals surface area contributed by atoms with E-state index >= 15 is 0 Å². The van der Waals surface area contributed by atoms with Crippen molar-refractivity contribution in [1.82, 2.24) is 14.7 Å². The summed E-state index contributed by atoms with van der Waals surface area (Å²) >= 11 is 0. The minimum absolute atomic E-state index is 0.0331. The largest absolute Gasteiger partial charge is 0.333 e. The molecular formula is C18H21FN4O2. The molecule has 3 rings (SSSR count). The van der Waals surface area contributed by atoms with Crippen LogP contribution in [-0.4, -0.2) is 39.2 Å². The molecule has 1 saturated heterocycles. The van der Waals surface area contributed by atoms with Gasteiger partial charge >= 0.3 is 0 Å². The number of benzene rings is 1. The van der Waals surface area contributed by atoms with Gasteiger partial charge in [-0.15, -0.1) is 0 Å². The highest BCUT2D eigenvalue weighted by atomic mass is 19.1. The van der Waals surface area contributed by atoms with Gasteiger partial charge in [-0.05, 0) is 56.5 Å². The Morgan fingerprint density at radius 3 is 2.64 bits per heavy atom. The number of carbonyl (C=O) groups is 1. The molecule has 1 amide bonds. The molecule has 0 unspecified atom stereocenters. The van der Waals surface area contributed by atoms with Crippen LogP contribution in [-0.2, 0) is 0 Å². The van der Waals surface area contributed by atoms with E-state index in [2.05, 4.69) is 5.10 Å². The topological polar surface area (TPSA) is 81.2 Å². The molecule has 0 aliphatic carbocycles. The van der Waals surface area contributed by atoms with Gasteiger partial charge in [0.1, 0.15) is 11.5 Å². The molecule has 7 heteroatoms. The van der Waals surface area contributed by atoms with E-state index in [0.717, 1.165) is 23.9 Å². The smallest absolute Gasteiger partial charge is 0.274 e. The molecule has 6 nitrogen and oxygen atoms in total. The monoisotopic (exact) mass is 344 g/mol. The van der Waals surface area contributed by atoms with Crippen molar-refractivity contribution in [2.45, 2.75) is 38.3 Å². The van der Waals surface area contributed by atoms with Crippen molar-refractivity contribution in [3.05, 3.63) is 58.3 Å². The summed E-state index contributed by atoms with van der Waals surface area (Å²) in [4.78, 5) is 26.7. The molecule has 1 aliphatic heterocycles. The number of aromatic nitrogens is 2. The molecular weight excluding hydrogens is 323 g/mol. The Labute approximate surface area is 145 Å². The normalized spacial score (nSPS) is 18.8. The van der Waals surface area contributed by atoms with Gasteiger partial charge in [-0.25, -0.2) is 4.39 Å². The number of piperidine rings is 1. The highest BCUT2D eigenvalue weighted by molar-refractivity contribution is 5.92. The lowest BCUT2D eigenvalue weighted by Gasteiger charge is -2.37. The second-order valence-corrected chi connectivity index (χ2v) is 6.37. The van der Waals surface area contributed by atoms with Gasteiger partial charge in [0.2, 0.25) is 0 Å². The van der Waals surface area contributed by atoms with Crippen LogP contribution < -0.4 is 11.3 Å². The summed E-state index contributed by atoms with van der Waals surface area (Å²) < 4.78 is 14.2. The van der Waals surface area contributed by atoms with Gasteiger partial charge in [0.15, 0.2) is 0 Å². The van der Waals surface area contributed by atoms with E-state index < -0.39 is 5.82 Å². The van der Waals surface area contributed by atoms with Gasteiger partial charge in [-0.3, -0.25) is 9.59 Å². The standard InChI is InChI=1S/C18H21FN4O2/c1-12(20)16-4-2-3-11-22(16)18(25)15-9-10-17(24)23(21-15)14-7-5-13(19)6-8-14/h5-10,12,16H,2-4,11,20H2,1H3/t12-,16+/m1/s1. The minimum atomic E-state index is -0.405. The number of nitrogens with zero attached hydrogens (tertiary/aromatic N) is 3. The summed E-state index contributed by atoms with van der Waals surface area (Å²) in [6.07, 6.45) is 2.83. The summed E-state index contributed by atoms with van der Waals surface area (Å²) in [5.74, 6) is -0.644. The SMILES string of the molecule is C[C@@H](N)[C@@H]1CCCCN1C(=O)c1ccc(=O)n(-c2ccc(F)cc2)n1. The average molecular weight is 344 g/mol. The van der Waals surface area contributed by atoms with Gasteiger partial charge in [0.05, 0.1) is 5.69 Å². The van der Waals surface area contributed by atoms with Gasteiger partial charge in [0.25, 0.3) is 11.5 Å². The lowest BCUT2D eigenvalue weighted by Crippen LogP contribution is -2.52. The zero-order valence-corrected chi connectivity index (χ0v) is 14.1. The van der Waals surface area contributed by atoms with Crippen LogP contribution in [0.5, 0.6) is 0 Å². The summed E-state index contributed by atoms with van der Waals surface area (Å²) in [6, 6.07) is 7.95. The maximum Gasteiger partial charge on any atom is 0.274 e. The van der Waals surface area contributed by atoms with E-state index in [4.69, 9.17) is 5.73 Å². The first-order valence-corrected chi connectivity index (χ1v) is 8.40. The second-order valence-electron chi connectivity index (χ2n) is 6.37. The van der Waals surface area contributed by atoms with Crippen molar-refractivity contribution >= 4 is 5.91 Å². The number of halogens is 1. The van der Waals surface area contributed by atoms with Crippen molar-refractivity contribution < 1.29 is 9.18 Å². The molecule has 0 bridgehead atoms. The molecule has 0 spiro atoms. The third kappa shape index (κ3) is 3.61. The highest BCUT2D eigenvalue weighted by Gasteiger charge is 2.30. The number of rotatable bonds is 3. The van der Waals surface area contributed by atoms with Crippen molar-refractivity contribution in [1.29, 1.82) is 0 Å². The van der Waals surface area contributed by atoms with Crippen molar-refractivity contribution in [2.24, 2.45) is 5.73 Å². The zero-order chi connectivity index (χ0) is 18.0. The van der Waals surface area contributed by atoms with Crippen LogP contribution in [0.1, 0.15) is 36.7 Å². The second kappa shape index (κ2) is 7.14. The van der Waals surface area contributed by atoms with E-state index in [-0.39, 0.29) is 29.2 Å². The molecule has 1 aromatic heterocycles. The van der Waals surface area contributed by atoms with E-state index in [9.17, 15) is 14.0 Å². The van der Waals surface area contributed by atoms with Gasteiger partial charge in [0, 0.05) is 24.7 Å².